The first-order valence-electron chi connectivity index (χ1n) is 10.1. The number of pyridine rings is 1. The zero-order chi connectivity index (χ0) is 19.7. The van der Waals surface area contributed by atoms with Crippen LogP contribution in [-0.2, 0) is 17.8 Å². The number of halogens is 1. The lowest BCUT2D eigenvalue weighted by molar-refractivity contribution is 0.292. The van der Waals surface area contributed by atoms with Crippen molar-refractivity contribution in [1.82, 2.24) is 10.3 Å². The lowest BCUT2D eigenvalue weighted by Crippen LogP contribution is -2.42. The maximum absolute atomic E-state index is 13.4. The number of benzene rings is 2. The summed E-state index contributed by atoms with van der Waals surface area (Å²) in [6, 6.07) is 19.5. The standard InChI is InChI=1S/C24H23FN2OS/c25-19-7-9-20(10-8-19)29-24-12-13-26-22(24)11-6-18-14-23(27-15-21(18)24)28-16-17-4-2-1-3-5-17/h1-5,7-10,14-15,22,26H,6,11-13,16H2. The van der Waals surface area contributed by atoms with Crippen LogP contribution in [0.2, 0.25) is 0 Å². The zero-order valence-corrected chi connectivity index (χ0v) is 16.9. The second-order valence-corrected chi connectivity index (χ2v) is 9.10. The quantitative estimate of drug-likeness (QED) is 0.640. The van der Waals surface area contributed by atoms with Crippen molar-refractivity contribution in [3.63, 3.8) is 0 Å². The van der Waals surface area contributed by atoms with Crippen LogP contribution in [0.3, 0.4) is 0 Å². The van der Waals surface area contributed by atoms with E-state index >= 15 is 0 Å². The number of aryl methyl sites for hydroxylation is 1. The average Bonchev–Trinajstić information content (AvgIpc) is 3.18. The van der Waals surface area contributed by atoms with Crippen LogP contribution in [-0.4, -0.2) is 17.6 Å². The van der Waals surface area contributed by atoms with E-state index in [1.165, 1.54) is 11.1 Å². The molecule has 0 bridgehead atoms. The van der Waals surface area contributed by atoms with Crippen LogP contribution in [0.15, 0.2) is 71.8 Å². The second-order valence-electron chi connectivity index (χ2n) is 7.69. The van der Waals surface area contributed by atoms with Crippen molar-refractivity contribution in [1.29, 1.82) is 0 Å². The molecule has 2 unspecified atom stereocenters. The van der Waals surface area contributed by atoms with Gasteiger partial charge >= 0.3 is 0 Å². The smallest absolute Gasteiger partial charge is 0.213 e. The first kappa shape index (κ1) is 18.6. The van der Waals surface area contributed by atoms with E-state index in [2.05, 4.69) is 28.5 Å². The maximum Gasteiger partial charge on any atom is 0.213 e. The topological polar surface area (TPSA) is 34.1 Å². The van der Waals surface area contributed by atoms with Crippen molar-refractivity contribution in [3.05, 3.63) is 89.4 Å². The Morgan fingerprint density at radius 3 is 2.79 bits per heavy atom. The molecule has 1 aliphatic heterocycles. The van der Waals surface area contributed by atoms with Crippen molar-refractivity contribution in [2.24, 2.45) is 0 Å². The Morgan fingerprint density at radius 1 is 1.14 bits per heavy atom. The van der Waals surface area contributed by atoms with Gasteiger partial charge in [-0.2, -0.15) is 0 Å². The number of rotatable bonds is 5. The van der Waals surface area contributed by atoms with Gasteiger partial charge in [0.15, 0.2) is 0 Å². The second kappa shape index (κ2) is 7.81. The van der Waals surface area contributed by atoms with Crippen LogP contribution in [0.5, 0.6) is 5.88 Å². The zero-order valence-electron chi connectivity index (χ0n) is 16.1. The third-order valence-electron chi connectivity index (χ3n) is 5.92. The molecule has 1 aliphatic carbocycles. The summed E-state index contributed by atoms with van der Waals surface area (Å²) in [6.07, 6.45) is 5.15. The van der Waals surface area contributed by atoms with Crippen molar-refractivity contribution < 1.29 is 9.13 Å². The summed E-state index contributed by atoms with van der Waals surface area (Å²) in [5.41, 5.74) is 3.74. The predicted molar refractivity (Wildman–Crippen MR) is 114 cm³/mol. The molecule has 1 N–H and O–H groups in total. The molecule has 5 rings (SSSR count). The fourth-order valence-corrected chi connectivity index (χ4v) is 6.03. The first-order chi connectivity index (χ1) is 14.2. The molecule has 0 amide bonds. The minimum atomic E-state index is -0.195. The fraction of sp³-hybridized carbons (Fsp3) is 0.292. The van der Waals surface area contributed by atoms with Crippen LogP contribution in [0.25, 0.3) is 0 Å². The third kappa shape index (κ3) is 3.65. The molecule has 3 nitrogen and oxygen atoms in total. The third-order valence-corrected chi connectivity index (χ3v) is 7.50. The number of nitrogens with one attached hydrogen (secondary N) is 1. The number of ether oxygens (including phenoxy) is 1. The van der Waals surface area contributed by atoms with Gasteiger partial charge in [-0.15, -0.1) is 11.8 Å². The number of hydrogen-bond acceptors (Lipinski definition) is 4. The van der Waals surface area contributed by atoms with Crippen molar-refractivity contribution in [2.75, 3.05) is 6.54 Å². The Kier molecular flexibility index (Phi) is 5.02. The van der Waals surface area contributed by atoms with Gasteiger partial charge in [0.25, 0.3) is 0 Å². The molecule has 148 valence electrons. The van der Waals surface area contributed by atoms with Gasteiger partial charge in [0.2, 0.25) is 5.88 Å². The highest BCUT2D eigenvalue weighted by Gasteiger charge is 2.48. The summed E-state index contributed by atoms with van der Waals surface area (Å²) in [6.45, 7) is 1.51. The normalized spacial score (nSPS) is 22.7. The summed E-state index contributed by atoms with van der Waals surface area (Å²) in [5, 5.41) is 3.68. The molecular formula is C24H23FN2OS. The molecule has 1 fully saturated rings. The molecular weight excluding hydrogens is 383 g/mol. The molecule has 0 radical (unpaired) electrons. The van der Waals surface area contributed by atoms with Gasteiger partial charge in [0.1, 0.15) is 12.4 Å². The summed E-state index contributed by atoms with van der Waals surface area (Å²) in [4.78, 5) is 5.74. The number of thioether (sulfide) groups is 1. The van der Waals surface area contributed by atoms with E-state index in [0.717, 1.165) is 36.3 Å². The Labute approximate surface area is 174 Å². The van der Waals surface area contributed by atoms with Crippen LogP contribution >= 0.6 is 11.8 Å². The minimum Gasteiger partial charge on any atom is -0.473 e. The SMILES string of the molecule is Fc1ccc(SC23CCNC2CCc2cc(OCc4ccccc4)ncc23)cc1. The first-order valence-corrected chi connectivity index (χ1v) is 10.9. The van der Waals surface area contributed by atoms with Gasteiger partial charge in [-0.3, -0.25) is 0 Å². The van der Waals surface area contributed by atoms with Gasteiger partial charge in [-0.05, 0) is 66.8 Å². The van der Waals surface area contributed by atoms with Crippen molar-refractivity contribution in [3.8, 4) is 5.88 Å². The molecule has 29 heavy (non-hydrogen) atoms. The van der Waals surface area contributed by atoms with Crippen LogP contribution < -0.4 is 10.1 Å². The molecule has 0 spiro atoms. The molecule has 2 atom stereocenters. The summed E-state index contributed by atoms with van der Waals surface area (Å²) < 4.78 is 19.3. The van der Waals surface area contributed by atoms with Gasteiger partial charge in [-0.25, -0.2) is 9.37 Å². The monoisotopic (exact) mass is 406 g/mol. The average molecular weight is 407 g/mol. The van der Waals surface area contributed by atoms with E-state index < -0.39 is 0 Å². The number of fused-ring (bicyclic) bond motifs is 3. The number of nitrogens with zero attached hydrogens (tertiary/aromatic N) is 1. The van der Waals surface area contributed by atoms with E-state index in [9.17, 15) is 4.39 Å². The van der Waals surface area contributed by atoms with E-state index in [1.807, 2.05) is 48.3 Å². The number of hydrogen-bond donors (Lipinski definition) is 1. The summed E-state index contributed by atoms with van der Waals surface area (Å²) >= 11 is 1.84. The molecule has 1 saturated heterocycles. The Hall–Kier alpha value is -2.37. The highest BCUT2D eigenvalue weighted by Crippen LogP contribution is 2.53. The van der Waals surface area contributed by atoms with Crippen LogP contribution in [0, 0.1) is 5.82 Å². The molecule has 1 aromatic heterocycles. The van der Waals surface area contributed by atoms with Gasteiger partial charge in [-0.1, -0.05) is 30.3 Å². The molecule has 5 heteroatoms. The Balaban J connectivity index is 1.42. The van der Waals surface area contributed by atoms with Gasteiger partial charge < -0.3 is 10.1 Å². The van der Waals surface area contributed by atoms with Gasteiger partial charge in [0.05, 0.1) is 4.75 Å². The lowest BCUT2D eigenvalue weighted by Gasteiger charge is -2.40. The lowest BCUT2D eigenvalue weighted by atomic mass is 9.80. The maximum atomic E-state index is 13.4. The molecule has 2 aromatic carbocycles. The highest BCUT2D eigenvalue weighted by molar-refractivity contribution is 8.00. The molecule has 2 heterocycles. The Morgan fingerprint density at radius 2 is 1.97 bits per heavy atom. The van der Waals surface area contributed by atoms with Crippen LogP contribution in [0.4, 0.5) is 4.39 Å². The summed E-state index contributed by atoms with van der Waals surface area (Å²) in [5.74, 6) is 0.484. The van der Waals surface area contributed by atoms with Crippen LogP contribution in [0.1, 0.15) is 29.5 Å². The molecule has 0 saturated carbocycles. The summed E-state index contributed by atoms with van der Waals surface area (Å²) in [7, 11) is 0. The Bertz CT molecular complexity index is 996. The molecule has 2 aliphatic rings. The largest absolute Gasteiger partial charge is 0.473 e. The van der Waals surface area contributed by atoms with Crippen molar-refractivity contribution >= 4 is 11.8 Å². The highest BCUT2D eigenvalue weighted by atomic mass is 32.2. The minimum absolute atomic E-state index is 0.0592. The van der Waals surface area contributed by atoms with Crippen molar-refractivity contribution in [2.45, 2.75) is 41.6 Å². The van der Waals surface area contributed by atoms with E-state index in [1.54, 1.807) is 12.1 Å². The predicted octanol–water partition coefficient (Wildman–Crippen LogP) is 5.10. The number of aromatic nitrogens is 1. The van der Waals surface area contributed by atoms with Gasteiger partial charge in [0, 0.05) is 23.2 Å². The van der Waals surface area contributed by atoms with E-state index in [4.69, 9.17) is 4.74 Å². The van der Waals surface area contributed by atoms with E-state index in [-0.39, 0.29) is 10.6 Å². The van der Waals surface area contributed by atoms with E-state index in [0.29, 0.717) is 18.5 Å². The molecule has 3 aromatic rings. The fourth-order valence-electron chi connectivity index (χ4n) is 4.49.